The molecule has 0 heterocycles. The van der Waals surface area contributed by atoms with E-state index in [2.05, 4.69) is 16.2 Å². The smallest absolute Gasteiger partial charge is 0.238 e. The number of nitrogens with one attached hydrogen (secondary N) is 3. The summed E-state index contributed by atoms with van der Waals surface area (Å²) in [7, 11) is 0. The lowest BCUT2D eigenvalue weighted by molar-refractivity contribution is -0.121. The van der Waals surface area contributed by atoms with Gasteiger partial charge in [0.15, 0.2) is 5.11 Å². The normalized spacial score (nSPS) is 9.88. The molecular weight excluding hydrogens is 346 g/mol. The maximum absolute atomic E-state index is 11.7. The molecule has 1 amide bonds. The molecule has 0 radical (unpaired) electrons. The standard InChI is InChI=1S/C17H18ClN3O2S/c18-13-6-4-7-14(12-13)19-17(24)21-20-16(22)10-5-11-23-15-8-2-1-3-9-15/h1-4,6-9,12H,5,10-11H2,(H,20,22)(H2,19,21,24). The number of rotatable bonds is 6. The van der Waals surface area contributed by atoms with E-state index < -0.39 is 0 Å². The lowest BCUT2D eigenvalue weighted by Gasteiger charge is -2.12. The Kier molecular flexibility index (Phi) is 7.32. The van der Waals surface area contributed by atoms with Crippen molar-refractivity contribution in [3.63, 3.8) is 0 Å². The molecule has 0 aliphatic rings. The lowest BCUT2D eigenvalue weighted by atomic mass is 10.3. The number of ether oxygens (including phenoxy) is 1. The van der Waals surface area contributed by atoms with E-state index in [9.17, 15) is 4.79 Å². The highest BCUT2D eigenvalue weighted by molar-refractivity contribution is 7.80. The molecule has 0 aliphatic carbocycles. The Morgan fingerprint density at radius 1 is 1.08 bits per heavy atom. The maximum atomic E-state index is 11.7. The van der Waals surface area contributed by atoms with Gasteiger partial charge in [-0.15, -0.1) is 0 Å². The van der Waals surface area contributed by atoms with E-state index in [1.54, 1.807) is 18.2 Å². The first-order valence-corrected chi connectivity index (χ1v) is 8.21. The Hall–Kier alpha value is -2.31. The fourth-order valence-corrected chi connectivity index (χ4v) is 2.22. The van der Waals surface area contributed by atoms with Crippen LogP contribution in [0.3, 0.4) is 0 Å². The first kappa shape index (κ1) is 18.0. The summed E-state index contributed by atoms with van der Waals surface area (Å²) in [4.78, 5) is 11.7. The summed E-state index contributed by atoms with van der Waals surface area (Å²) in [5.41, 5.74) is 5.92. The van der Waals surface area contributed by atoms with Gasteiger partial charge in [0.05, 0.1) is 6.61 Å². The van der Waals surface area contributed by atoms with E-state index in [4.69, 9.17) is 28.6 Å². The summed E-state index contributed by atoms with van der Waals surface area (Å²) >= 11 is 11.0. The quantitative estimate of drug-likeness (QED) is 0.416. The molecule has 0 unspecified atom stereocenters. The number of carbonyl (C=O) groups is 1. The van der Waals surface area contributed by atoms with Gasteiger partial charge < -0.3 is 10.1 Å². The van der Waals surface area contributed by atoms with Crippen LogP contribution in [0.5, 0.6) is 5.75 Å². The fourth-order valence-electron chi connectivity index (χ4n) is 1.86. The number of carbonyl (C=O) groups excluding carboxylic acids is 1. The third-order valence-corrected chi connectivity index (χ3v) is 3.40. The van der Waals surface area contributed by atoms with E-state index >= 15 is 0 Å². The molecule has 5 nitrogen and oxygen atoms in total. The van der Waals surface area contributed by atoms with Gasteiger partial charge in [0.1, 0.15) is 5.75 Å². The largest absolute Gasteiger partial charge is 0.494 e. The Balaban J connectivity index is 1.59. The summed E-state index contributed by atoms with van der Waals surface area (Å²) in [6.07, 6.45) is 0.941. The number of amides is 1. The molecule has 0 spiro atoms. The van der Waals surface area contributed by atoms with Crippen molar-refractivity contribution in [2.45, 2.75) is 12.8 Å². The zero-order chi connectivity index (χ0) is 17.2. The monoisotopic (exact) mass is 363 g/mol. The predicted octanol–water partition coefficient (Wildman–Crippen LogP) is 3.52. The van der Waals surface area contributed by atoms with Crippen molar-refractivity contribution in [1.82, 2.24) is 10.9 Å². The second kappa shape index (κ2) is 9.75. The van der Waals surface area contributed by atoms with E-state index in [-0.39, 0.29) is 11.0 Å². The van der Waals surface area contributed by atoms with Crippen LogP contribution >= 0.6 is 23.8 Å². The minimum atomic E-state index is -0.165. The van der Waals surface area contributed by atoms with Crippen molar-refractivity contribution in [2.75, 3.05) is 11.9 Å². The highest BCUT2D eigenvalue weighted by Crippen LogP contribution is 2.14. The molecule has 2 aromatic rings. The van der Waals surface area contributed by atoms with Gasteiger partial charge in [-0.05, 0) is 49.0 Å². The van der Waals surface area contributed by atoms with Crippen LogP contribution in [-0.2, 0) is 4.79 Å². The third-order valence-electron chi connectivity index (χ3n) is 2.96. The number of hydrogen-bond donors (Lipinski definition) is 3. The van der Waals surface area contributed by atoms with Gasteiger partial charge in [0.2, 0.25) is 5.91 Å². The molecule has 7 heteroatoms. The van der Waals surface area contributed by atoms with E-state index in [1.807, 2.05) is 36.4 Å². The molecule has 0 fully saturated rings. The van der Waals surface area contributed by atoms with Crippen LogP contribution in [0.15, 0.2) is 54.6 Å². The maximum Gasteiger partial charge on any atom is 0.238 e. The van der Waals surface area contributed by atoms with Gasteiger partial charge in [-0.3, -0.25) is 15.6 Å². The Labute approximate surface area is 151 Å². The van der Waals surface area contributed by atoms with Crippen molar-refractivity contribution in [3.8, 4) is 5.75 Å². The van der Waals surface area contributed by atoms with Crippen LogP contribution in [0, 0.1) is 0 Å². The van der Waals surface area contributed by atoms with Crippen LogP contribution in [0.4, 0.5) is 5.69 Å². The van der Waals surface area contributed by atoms with Crippen molar-refractivity contribution < 1.29 is 9.53 Å². The molecule has 0 saturated heterocycles. The second-order valence-electron chi connectivity index (χ2n) is 4.90. The minimum absolute atomic E-state index is 0.165. The molecule has 0 aliphatic heterocycles. The third kappa shape index (κ3) is 6.85. The van der Waals surface area contributed by atoms with Crippen LogP contribution in [0.1, 0.15) is 12.8 Å². The van der Waals surface area contributed by atoms with Crippen molar-refractivity contribution in [1.29, 1.82) is 0 Å². The van der Waals surface area contributed by atoms with Gasteiger partial charge >= 0.3 is 0 Å². The highest BCUT2D eigenvalue weighted by Gasteiger charge is 2.03. The Bertz CT molecular complexity index is 683. The second-order valence-corrected chi connectivity index (χ2v) is 5.75. The molecule has 24 heavy (non-hydrogen) atoms. The average Bonchev–Trinajstić information content (AvgIpc) is 2.58. The molecule has 126 valence electrons. The van der Waals surface area contributed by atoms with Crippen LogP contribution < -0.4 is 20.9 Å². The van der Waals surface area contributed by atoms with E-state index in [1.165, 1.54) is 0 Å². The van der Waals surface area contributed by atoms with Crippen LogP contribution in [-0.4, -0.2) is 17.6 Å². The molecule has 0 aromatic heterocycles. The number of anilines is 1. The average molecular weight is 364 g/mol. The first-order chi connectivity index (χ1) is 11.6. The summed E-state index contributed by atoms with van der Waals surface area (Å²) in [5.74, 6) is 0.629. The first-order valence-electron chi connectivity index (χ1n) is 7.43. The van der Waals surface area contributed by atoms with Gasteiger partial charge in [-0.1, -0.05) is 35.9 Å². The summed E-state index contributed by atoms with van der Waals surface area (Å²) in [5, 5.41) is 3.81. The van der Waals surface area contributed by atoms with Crippen LogP contribution in [0.25, 0.3) is 0 Å². The van der Waals surface area contributed by atoms with Gasteiger partial charge in [-0.25, -0.2) is 0 Å². The number of hydrogen-bond acceptors (Lipinski definition) is 3. The van der Waals surface area contributed by atoms with Gasteiger partial charge in [0, 0.05) is 17.1 Å². The predicted molar refractivity (Wildman–Crippen MR) is 100 cm³/mol. The minimum Gasteiger partial charge on any atom is -0.494 e. The fraction of sp³-hybridized carbons (Fsp3) is 0.176. The van der Waals surface area contributed by atoms with Crippen molar-refractivity contribution in [2.24, 2.45) is 0 Å². The number of para-hydroxylation sites is 1. The van der Waals surface area contributed by atoms with E-state index in [0.29, 0.717) is 24.5 Å². The Morgan fingerprint density at radius 3 is 2.62 bits per heavy atom. The molecular formula is C17H18ClN3O2S. The van der Waals surface area contributed by atoms with Crippen molar-refractivity contribution in [3.05, 3.63) is 59.6 Å². The number of hydrazine groups is 1. The molecule has 2 rings (SSSR count). The summed E-state index contributed by atoms with van der Waals surface area (Å²) in [6.45, 7) is 0.475. The highest BCUT2D eigenvalue weighted by atomic mass is 35.5. The molecule has 2 aromatic carbocycles. The SMILES string of the molecule is O=C(CCCOc1ccccc1)NNC(=S)Nc1cccc(Cl)c1. The van der Waals surface area contributed by atoms with Gasteiger partial charge in [-0.2, -0.15) is 0 Å². The summed E-state index contributed by atoms with van der Waals surface area (Å²) < 4.78 is 5.52. The van der Waals surface area contributed by atoms with E-state index in [0.717, 1.165) is 11.4 Å². The molecule has 0 saturated carbocycles. The van der Waals surface area contributed by atoms with Crippen molar-refractivity contribution >= 4 is 40.5 Å². The molecule has 0 atom stereocenters. The molecule has 0 bridgehead atoms. The lowest BCUT2D eigenvalue weighted by Crippen LogP contribution is -2.43. The molecule has 3 N–H and O–H groups in total. The topological polar surface area (TPSA) is 62.4 Å². The number of halogens is 1. The number of thiocarbonyl (C=S) groups is 1. The van der Waals surface area contributed by atoms with Crippen LogP contribution in [0.2, 0.25) is 5.02 Å². The zero-order valence-electron chi connectivity index (χ0n) is 12.9. The number of benzene rings is 2. The van der Waals surface area contributed by atoms with Gasteiger partial charge in [0.25, 0.3) is 0 Å². The zero-order valence-corrected chi connectivity index (χ0v) is 14.5. The Morgan fingerprint density at radius 2 is 1.88 bits per heavy atom. The summed E-state index contributed by atoms with van der Waals surface area (Å²) in [6, 6.07) is 16.6.